The Morgan fingerprint density at radius 3 is 2.80 bits per heavy atom. The Bertz CT molecular complexity index is 466. The number of rotatable bonds is 4. The minimum absolute atomic E-state index is 0.149. The third-order valence-corrected chi connectivity index (χ3v) is 5.49. The molecule has 0 aromatic carbocycles. The van der Waals surface area contributed by atoms with E-state index in [1.807, 2.05) is 23.9 Å². The molecule has 0 atom stereocenters. The third-order valence-electron chi connectivity index (χ3n) is 4.05. The topological polar surface area (TPSA) is 71.2 Å². The van der Waals surface area contributed by atoms with Crippen LogP contribution in [0.4, 0.5) is 5.69 Å². The van der Waals surface area contributed by atoms with Crippen molar-refractivity contribution in [3.63, 3.8) is 0 Å². The normalized spacial score (nSPS) is 17.9. The Balaban J connectivity index is 2.09. The van der Waals surface area contributed by atoms with Gasteiger partial charge in [0.1, 0.15) is 5.69 Å². The Morgan fingerprint density at radius 2 is 2.25 bits per heavy atom. The zero-order chi connectivity index (χ0) is 14.6. The van der Waals surface area contributed by atoms with Crippen LogP contribution >= 0.6 is 11.8 Å². The standard InChI is InChI=1S/C14H22N4OS/c1-16-13(19)12-9-11(3-6-17-12)18-7-4-14(10-15,20-2)5-8-18/h3,6,9H,4-5,7-8,10,15H2,1-2H3,(H,16,19). The molecule has 20 heavy (non-hydrogen) atoms. The smallest absolute Gasteiger partial charge is 0.269 e. The first kappa shape index (κ1) is 15.1. The molecular weight excluding hydrogens is 272 g/mol. The van der Waals surface area contributed by atoms with Crippen molar-refractivity contribution in [2.24, 2.45) is 5.73 Å². The molecule has 0 spiro atoms. The maximum absolute atomic E-state index is 11.6. The highest BCUT2D eigenvalue weighted by atomic mass is 32.2. The minimum Gasteiger partial charge on any atom is -0.371 e. The van der Waals surface area contributed by atoms with Crippen LogP contribution in [0, 0.1) is 0 Å². The molecule has 0 saturated carbocycles. The summed E-state index contributed by atoms with van der Waals surface area (Å²) in [7, 11) is 1.62. The molecule has 1 aliphatic heterocycles. The van der Waals surface area contributed by atoms with Crippen molar-refractivity contribution < 1.29 is 4.79 Å². The highest BCUT2D eigenvalue weighted by Gasteiger charge is 2.32. The maximum Gasteiger partial charge on any atom is 0.269 e. The van der Waals surface area contributed by atoms with Gasteiger partial charge in [0.25, 0.3) is 5.91 Å². The number of hydrogen-bond donors (Lipinski definition) is 2. The molecule has 3 N–H and O–H groups in total. The van der Waals surface area contributed by atoms with Crippen LogP contribution in [0.15, 0.2) is 18.3 Å². The second kappa shape index (κ2) is 6.45. The van der Waals surface area contributed by atoms with Gasteiger partial charge in [0.05, 0.1) is 0 Å². The highest BCUT2D eigenvalue weighted by Crippen LogP contribution is 2.35. The Labute approximate surface area is 124 Å². The van der Waals surface area contributed by atoms with E-state index in [1.54, 1.807) is 13.2 Å². The number of hydrogen-bond acceptors (Lipinski definition) is 5. The van der Waals surface area contributed by atoms with Gasteiger partial charge in [-0.05, 0) is 31.2 Å². The number of nitrogens with two attached hydrogens (primary N) is 1. The number of pyridine rings is 1. The summed E-state index contributed by atoms with van der Waals surface area (Å²) in [6.45, 7) is 2.66. The average molecular weight is 294 g/mol. The predicted octanol–water partition coefficient (Wildman–Crippen LogP) is 1.10. The van der Waals surface area contributed by atoms with Crippen LogP contribution in [0.2, 0.25) is 0 Å². The molecule has 0 aliphatic carbocycles. The molecule has 0 bridgehead atoms. The second-order valence-electron chi connectivity index (χ2n) is 5.06. The Kier molecular flexibility index (Phi) is 4.88. The first-order valence-electron chi connectivity index (χ1n) is 6.82. The Morgan fingerprint density at radius 1 is 1.55 bits per heavy atom. The molecule has 2 rings (SSSR count). The number of carbonyl (C=O) groups excluding carboxylic acids is 1. The molecule has 110 valence electrons. The average Bonchev–Trinajstić information content (AvgIpc) is 2.54. The summed E-state index contributed by atoms with van der Waals surface area (Å²) < 4.78 is 0.215. The van der Waals surface area contributed by atoms with Crippen molar-refractivity contribution in [2.75, 3.05) is 37.8 Å². The van der Waals surface area contributed by atoms with E-state index in [0.717, 1.165) is 38.2 Å². The number of anilines is 1. The van der Waals surface area contributed by atoms with E-state index < -0.39 is 0 Å². The van der Waals surface area contributed by atoms with E-state index in [-0.39, 0.29) is 10.7 Å². The van der Waals surface area contributed by atoms with Crippen molar-refractivity contribution in [3.05, 3.63) is 24.0 Å². The number of piperidine rings is 1. The third kappa shape index (κ3) is 3.07. The summed E-state index contributed by atoms with van der Waals surface area (Å²) >= 11 is 1.87. The minimum atomic E-state index is -0.149. The summed E-state index contributed by atoms with van der Waals surface area (Å²) in [6, 6.07) is 3.81. The molecule has 2 heterocycles. The number of carbonyl (C=O) groups is 1. The number of nitrogens with zero attached hydrogens (tertiary/aromatic N) is 2. The van der Waals surface area contributed by atoms with E-state index in [1.165, 1.54) is 0 Å². The van der Waals surface area contributed by atoms with Gasteiger partial charge in [-0.25, -0.2) is 0 Å². The van der Waals surface area contributed by atoms with Gasteiger partial charge < -0.3 is 16.0 Å². The van der Waals surface area contributed by atoms with E-state index >= 15 is 0 Å². The maximum atomic E-state index is 11.6. The fourth-order valence-electron chi connectivity index (χ4n) is 2.53. The lowest BCUT2D eigenvalue weighted by molar-refractivity contribution is 0.0958. The van der Waals surface area contributed by atoms with Crippen molar-refractivity contribution in [1.82, 2.24) is 10.3 Å². The van der Waals surface area contributed by atoms with Gasteiger partial charge in [0, 0.05) is 43.3 Å². The molecule has 1 aliphatic rings. The highest BCUT2D eigenvalue weighted by molar-refractivity contribution is 8.00. The summed E-state index contributed by atoms with van der Waals surface area (Å²) in [4.78, 5) is 18.0. The fourth-order valence-corrected chi connectivity index (χ4v) is 3.29. The number of thioether (sulfide) groups is 1. The van der Waals surface area contributed by atoms with Crippen LogP contribution in [-0.2, 0) is 0 Å². The first-order chi connectivity index (χ1) is 9.64. The van der Waals surface area contributed by atoms with E-state index in [9.17, 15) is 4.79 Å². The quantitative estimate of drug-likeness (QED) is 0.870. The molecule has 5 nitrogen and oxygen atoms in total. The fraction of sp³-hybridized carbons (Fsp3) is 0.571. The van der Waals surface area contributed by atoms with Gasteiger partial charge in [-0.1, -0.05) is 0 Å². The summed E-state index contributed by atoms with van der Waals surface area (Å²) in [5.74, 6) is -0.149. The zero-order valence-corrected chi connectivity index (χ0v) is 12.9. The van der Waals surface area contributed by atoms with Gasteiger partial charge >= 0.3 is 0 Å². The van der Waals surface area contributed by atoms with Crippen molar-refractivity contribution in [3.8, 4) is 0 Å². The lowest BCUT2D eigenvalue weighted by atomic mass is 9.95. The monoisotopic (exact) mass is 294 g/mol. The van der Waals surface area contributed by atoms with Crippen LogP contribution in [-0.4, -0.2) is 48.6 Å². The van der Waals surface area contributed by atoms with Crippen molar-refractivity contribution >= 4 is 23.4 Å². The lowest BCUT2D eigenvalue weighted by Gasteiger charge is -2.41. The van der Waals surface area contributed by atoms with Gasteiger partial charge in [-0.2, -0.15) is 11.8 Å². The van der Waals surface area contributed by atoms with E-state index in [0.29, 0.717) is 5.69 Å². The molecule has 0 radical (unpaired) electrons. The molecule has 1 saturated heterocycles. The van der Waals surface area contributed by atoms with Gasteiger partial charge in [0.15, 0.2) is 0 Å². The van der Waals surface area contributed by atoms with Gasteiger partial charge in [-0.3, -0.25) is 9.78 Å². The molecule has 1 aromatic heterocycles. The van der Waals surface area contributed by atoms with E-state index in [4.69, 9.17) is 5.73 Å². The molecule has 1 amide bonds. The Hall–Kier alpha value is -1.27. The number of amides is 1. The molecular formula is C14H22N4OS. The second-order valence-corrected chi connectivity index (χ2v) is 6.33. The molecule has 0 unspecified atom stereocenters. The predicted molar refractivity (Wildman–Crippen MR) is 84.4 cm³/mol. The molecule has 1 fully saturated rings. The van der Waals surface area contributed by atoms with Gasteiger partial charge in [0.2, 0.25) is 0 Å². The van der Waals surface area contributed by atoms with Crippen LogP contribution < -0.4 is 16.0 Å². The van der Waals surface area contributed by atoms with Gasteiger partial charge in [-0.15, -0.1) is 0 Å². The van der Waals surface area contributed by atoms with E-state index in [2.05, 4.69) is 21.5 Å². The van der Waals surface area contributed by atoms with Crippen LogP contribution in [0.1, 0.15) is 23.3 Å². The molecule has 6 heteroatoms. The SMILES string of the molecule is CNC(=O)c1cc(N2CCC(CN)(SC)CC2)ccn1. The summed E-state index contributed by atoms with van der Waals surface area (Å²) in [6.07, 6.45) is 5.97. The number of nitrogens with one attached hydrogen (secondary N) is 1. The first-order valence-corrected chi connectivity index (χ1v) is 8.05. The molecule has 1 aromatic rings. The van der Waals surface area contributed by atoms with Crippen LogP contribution in [0.25, 0.3) is 0 Å². The summed E-state index contributed by atoms with van der Waals surface area (Å²) in [5.41, 5.74) is 7.44. The van der Waals surface area contributed by atoms with Crippen molar-refractivity contribution in [1.29, 1.82) is 0 Å². The van der Waals surface area contributed by atoms with Crippen molar-refractivity contribution in [2.45, 2.75) is 17.6 Å². The van der Waals surface area contributed by atoms with Crippen LogP contribution in [0.5, 0.6) is 0 Å². The summed E-state index contributed by atoms with van der Waals surface area (Å²) in [5, 5.41) is 2.60. The van der Waals surface area contributed by atoms with Crippen LogP contribution in [0.3, 0.4) is 0 Å². The largest absolute Gasteiger partial charge is 0.371 e. The zero-order valence-electron chi connectivity index (χ0n) is 12.1. The lowest BCUT2D eigenvalue weighted by Crippen LogP contribution is -2.46. The number of aromatic nitrogens is 1.